The van der Waals surface area contributed by atoms with Crippen molar-refractivity contribution in [2.45, 2.75) is 12.5 Å². The highest BCUT2D eigenvalue weighted by molar-refractivity contribution is 5.97. The van der Waals surface area contributed by atoms with Gasteiger partial charge in [0.15, 0.2) is 5.60 Å². The van der Waals surface area contributed by atoms with Crippen LogP contribution in [0.4, 0.5) is 0 Å². The van der Waals surface area contributed by atoms with E-state index in [1.54, 1.807) is 30.3 Å². The maximum absolute atomic E-state index is 12.8. The Morgan fingerprint density at radius 2 is 1.72 bits per heavy atom. The molecule has 144 valence electrons. The summed E-state index contributed by atoms with van der Waals surface area (Å²) in [6, 6.07) is 13.9. The summed E-state index contributed by atoms with van der Waals surface area (Å²) in [5, 5.41) is 20.1. The molecule has 1 atom stereocenters. The predicted molar refractivity (Wildman–Crippen MR) is 99.3 cm³/mol. The number of rotatable bonds is 1. The lowest BCUT2D eigenvalue weighted by atomic mass is 9.77. The van der Waals surface area contributed by atoms with Gasteiger partial charge in [0.05, 0.1) is 11.1 Å². The van der Waals surface area contributed by atoms with E-state index >= 15 is 0 Å². The Bertz CT molecular complexity index is 1210. The zero-order valence-electron chi connectivity index (χ0n) is 15.1. The summed E-state index contributed by atoms with van der Waals surface area (Å²) in [6.45, 7) is 1.23. The smallest absolute Gasteiger partial charge is 0.340 e. The first-order valence-corrected chi connectivity index (χ1v) is 8.80. The van der Waals surface area contributed by atoms with Gasteiger partial charge in [0.25, 0.3) is 0 Å². The van der Waals surface area contributed by atoms with Gasteiger partial charge in [0.1, 0.15) is 28.7 Å². The van der Waals surface area contributed by atoms with E-state index in [0.29, 0.717) is 16.7 Å². The standard InChI is InChI=1S/C22H14O7/c1-11(23)27-18-9-13(25)10-19-20(18)22(16-7-6-12(24)8-17(16)28-19)15-5-3-2-4-14(15)21(26)29-22/h2-10,24-25H,1H3. The van der Waals surface area contributed by atoms with E-state index in [0.717, 1.165) is 0 Å². The van der Waals surface area contributed by atoms with Crippen LogP contribution in [0.15, 0.2) is 54.6 Å². The second kappa shape index (κ2) is 5.75. The van der Waals surface area contributed by atoms with Crippen LogP contribution in [0, 0.1) is 0 Å². The van der Waals surface area contributed by atoms with Crippen molar-refractivity contribution >= 4 is 11.9 Å². The highest BCUT2D eigenvalue weighted by Crippen LogP contribution is 2.59. The highest BCUT2D eigenvalue weighted by Gasteiger charge is 2.55. The first-order valence-electron chi connectivity index (χ1n) is 8.80. The van der Waals surface area contributed by atoms with Gasteiger partial charge in [0.2, 0.25) is 0 Å². The van der Waals surface area contributed by atoms with Gasteiger partial charge in [-0.3, -0.25) is 4.79 Å². The van der Waals surface area contributed by atoms with E-state index in [2.05, 4.69) is 0 Å². The fourth-order valence-corrected chi connectivity index (χ4v) is 3.98. The Labute approximate surface area is 164 Å². The maximum atomic E-state index is 12.8. The van der Waals surface area contributed by atoms with Gasteiger partial charge in [-0.2, -0.15) is 0 Å². The van der Waals surface area contributed by atoms with Gasteiger partial charge < -0.3 is 24.4 Å². The fraction of sp³-hybridized carbons (Fsp3) is 0.0909. The van der Waals surface area contributed by atoms with Crippen molar-refractivity contribution in [1.82, 2.24) is 0 Å². The Morgan fingerprint density at radius 3 is 2.52 bits per heavy atom. The molecule has 7 heteroatoms. The number of ether oxygens (including phenoxy) is 3. The second-order valence-corrected chi connectivity index (χ2v) is 6.81. The molecule has 0 fully saturated rings. The topological polar surface area (TPSA) is 102 Å². The van der Waals surface area contributed by atoms with E-state index < -0.39 is 17.5 Å². The first kappa shape index (κ1) is 17.1. The third-order valence-corrected chi connectivity index (χ3v) is 4.99. The molecule has 5 rings (SSSR count). The molecule has 0 saturated carbocycles. The quantitative estimate of drug-likeness (QED) is 0.483. The third kappa shape index (κ3) is 2.30. The van der Waals surface area contributed by atoms with Gasteiger partial charge in [-0.1, -0.05) is 18.2 Å². The zero-order valence-corrected chi connectivity index (χ0v) is 15.1. The maximum Gasteiger partial charge on any atom is 0.340 e. The highest BCUT2D eigenvalue weighted by atomic mass is 16.6. The summed E-state index contributed by atoms with van der Waals surface area (Å²) in [6.07, 6.45) is 0. The molecule has 3 aromatic rings. The Balaban J connectivity index is 1.92. The molecule has 2 aliphatic rings. The SMILES string of the molecule is CC(=O)Oc1cc(O)cc2c1C1(OC(=O)c3ccccc31)c1ccc(O)cc1O2. The number of benzene rings is 3. The fourth-order valence-electron chi connectivity index (χ4n) is 3.98. The minimum absolute atomic E-state index is 0.00993. The largest absolute Gasteiger partial charge is 0.508 e. The number of carbonyl (C=O) groups is 2. The van der Waals surface area contributed by atoms with Crippen molar-refractivity contribution in [3.63, 3.8) is 0 Å². The van der Waals surface area contributed by atoms with Crippen molar-refractivity contribution in [2.24, 2.45) is 0 Å². The molecule has 2 heterocycles. The predicted octanol–water partition coefficient (Wildman–Crippen LogP) is 3.59. The molecule has 0 amide bonds. The summed E-state index contributed by atoms with van der Waals surface area (Å²) >= 11 is 0. The van der Waals surface area contributed by atoms with Crippen molar-refractivity contribution in [3.05, 3.63) is 76.9 Å². The minimum atomic E-state index is -1.47. The Hall–Kier alpha value is -4.00. The van der Waals surface area contributed by atoms with Crippen LogP contribution in [0.3, 0.4) is 0 Å². The average Bonchev–Trinajstić information content (AvgIpc) is 2.94. The molecule has 2 aliphatic heterocycles. The van der Waals surface area contributed by atoms with E-state index in [1.165, 1.54) is 31.2 Å². The number of phenolic OH excluding ortho intramolecular Hbond substituents is 2. The van der Waals surface area contributed by atoms with E-state index in [1.807, 2.05) is 0 Å². The van der Waals surface area contributed by atoms with Gasteiger partial charge in [-0.15, -0.1) is 0 Å². The van der Waals surface area contributed by atoms with Crippen LogP contribution in [0.5, 0.6) is 28.7 Å². The number of esters is 2. The summed E-state index contributed by atoms with van der Waals surface area (Å²) in [5.74, 6) is -0.992. The Kier molecular flexibility index (Phi) is 3.39. The minimum Gasteiger partial charge on any atom is -0.508 e. The van der Waals surface area contributed by atoms with Crippen LogP contribution in [0.25, 0.3) is 0 Å². The molecular formula is C22H14O7. The molecule has 1 spiro atoms. The monoisotopic (exact) mass is 390 g/mol. The van der Waals surface area contributed by atoms with Crippen molar-refractivity contribution in [1.29, 1.82) is 0 Å². The van der Waals surface area contributed by atoms with Gasteiger partial charge >= 0.3 is 11.9 Å². The summed E-state index contributed by atoms with van der Waals surface area (Å²) < 4.78 is 17.2. The average molecular weight is 390 g/mol. The Morgan fingerprint density at radius 1 is 0.966 bits per heavy atom. The van der Waals surface area contributed by atoms with Crippen LogP contribution < -0.4 is 9.47 Å². The van der Waals surface area contributed by atoms with Crippen LogP contribution >= 0.6 is 0 Å². The molecule has 2 N–H and O–H groups in total. The number of carbonyl (C=O) groups excluding carboxylic acids is 2. The molecule has 0 aromatic heterocycles. The number of aromatic hydroxyl groups is 2. The first-order chi connectivity index (χ1) is 13.9. The zero-order chi connectivity index (χ0) is 20.3. The molecule has 0 bridgehead atoms. The number of hydrogen-bond donors (Lipinski definition) is 2. The van der Waals surface area contributed by atoms with Gasteiger partial charge in [0, 0.05) is 36.2 Å². The molecule has 0 saturated heterocycles. The van der Waals surface area contributed by atoms with Crippen molar-refractivity contribution in [2.75, 3.05) is 0 Å². The molecular weight excluding hydrogens is 376 g/mol. The van der Waals surface area contributed by atoms with Crippen LogP contribution in [0.1, 0.15) is 34.0 Å². The van der Waals surface area contributed by atoms with E-state index in [9.17, 15) is 19.8 Å². The molecule has 7 nitrogen and oxygen atoms in total. The lowest BCUT2D eigenvalue weighted by Crippen LogP contribution is -2.33. The molecule has 0 radical (unpaired) electrons. The molecule has 0 aliphatic carbocycles. The van der Waals surface area contributed by atoms with E-state index in [-0.39, 0.29) is 34.3 Å². The summed E-state index contributed by atoms with van der Waals surface area (Å²) in [7, 11) is 0. The van der Waals surface area contributed by atoms with Crippen LogP contribution in [-0.4, -0.2) is 22.2 Å². The van der Waals surface area contributed by atoms with Crippen molar-refractivity contribution in [3.8, 4) is 28.7 Å². The normalized spacial score (nSPS) is 18.3. The molecule has 29 heavy (non-hydrogen) atoms. The number of hydrogen-bond acceptors (Lipinski definition) is 7. The van der Waals surface area contributed by atoms with E-state index in [4.69, 9.17) is 14.2 Å². The molecule has 3 aromatic carbocycles. The third-order valence-electron chi connectivity index (χ3n) is 4.99. The number of phenols is 2. The van der Waals surface area contributed by atoms with Crippen LogP contribution in [0.2, 0.25) is 0 Å². The van der Waals surface area contributed by atoms with Gasteiger partial charge in [-0.25, -0.2) is 4.79 Å². The van der Waals surface area contributed by atoms with Crippen LogP contribution in [-0.2, 0) is 15.1 Å². The van der Waals surface area contributed by atoms with Crippen molar-refractivity contribution < 1.29 is 34.0 Å². The molecule has 1 unspecified atom stereocenters. The number of fused-ring (bicyclic) bond motifs is 6. The summed E-state index contributed by atoms with van der Waals surface area (Å²) in [5.41, 5.74) is 0.173. The lowest BCUT2D eigenvalue weighted by Gasteiger charge is -2.37. The lowest BCUT2D eigenvalue weighted by molar-refractivity contribution is -0.132. The summed E-state index contributed by atoms with van der Waals surface area (Å²) in [4.78, 5) is 24.5. The van der Waals surface area contributed by atoms with Gasteiger partial charge in [-0.05, 0) is 18.2 Å². The second-order valence-electron chi connectivity index (χ2n) is 6.81.